The van der Waals surface area contributed by atoms with E-state index < -0.39 is 0 Å². The fourth-order valence-electron chi connectivity index (χ4n) is 2.61. The number of oxime groups is 1. The molecule has 0 radical (unpaired) electrons. The number of ether oxygens (including phenoxy) is 1. The molecule has 21 heavy (non-hydrogen) atoms. The number of benzene rings is 2. The zero-order valence-electron chi connectivity index (χ0n) is 11.6. The molecule has 0 saturated heterocycles. The van der Waals surface area contributed by atoms with Crippen LogP contribution in [0.4, 0.5) is 4.39 Å². The number of hydrogen-bond donors (Lipinski definition) is 1. The number of hydrogen-bond acceptors (Lipinski definition) is 3. The Hall–Kier alpha value is -2.36. The van der Waals surface area contributed by atoms with Gasteiger partial charge in [0.15, 0.2) is 0 Å². The van der Waals surface area contributed by atoms with Gasteiger partial charge in [-0.15, -0.1) is 0 Å². The Kier molecular flexibility index (Phi) is 3.86. The lowest BCUT2D eigenvalue weighted by Crippen LogP contribution is -2.12. The predicted octanol–water partition coefficient (Wildman–Crippen LogP) is 3.92. The fraction of sp³-hybridized carbons (Fsp3) is 0.235. The van der Waals surface area contributed by atoms with E-state index in [1.807, 2.05) is 24.3 Å². The highest BCUT2D eigenvalue weighted by atomic mass is 19.1. The lowest BCUT2D eigenvalue weighted by molar-refractivity contribution is 0.305. The van der Waals surface area contributed by atoms with E-state index in [0.717, 1.165) is 30.4 Å². The van der Waals surface area contributed by atoms with Gasteiger partial charge < -0.3 is 9.94 Å². The predicted molar refractivity (Wildman–Crippen MR) is 78.4 cm³/mol. The molecule has 0 unspecified atom stereocenters. The van der Waals surface area contributed by atoms with Crippen molar-refractivity contribution in [1.29, 1.82) is 0 Å². The van der Waals surface area contributed by atoms with Crippen LogP contribution in [-0.4, -0.2) is 10.9 Å². The van der Waals surface area contributed by atoms with Crippen LogP contribution in [0.1, 0.15) is 29.5 Å². The van der Waals surface area contributed by atoms with Gasteiger partial charge in [0.05, 0.1) is 5.71 Å². The van der Waals surface area contributed by atoms with Crippen LogP contribution in [0.25, 0.3) is 0 Å². The van der Waals surface area contributed by atoms with Crippen molar-refractivity contribution in [2.45, 2.75) is 25.9 Å². The molecule has 3 rings (SSSR count). The number of aryl methyl sites for hydroxylation is 1. The molecule has 0 amide bonds. The maximum absolute atomic E-state index is 13.1. The second-order valence-electron chi connectivity index (χ2n) is 5.14. The molecule has 2 aromatic carbocycles. The van der Waals surface area contributed by atoms with Gasteiger partial charge in [0.2, 0.25) is 0 Å². The minimum atomic E-state index is -0.267. The first-order valence-electron chi connectivity index (χ1n) is 6.98. The highest BCUT2D eigenvalue weighted by Crippen LogP contribution is 2.26. The molecule has 2 aromatic rings. The first kappa shape index (κ1) is 13.6. The topological polar surface area (TPSA) is 41.8 Å². The Morgan fingerprint density at radius 1 is 1.14 bits per heavy atom. The Morgan fingerprint density at radius 2 is 2.05 bits per heavy atom. The summed E-state index contributed by atoms with van der Waals surface area (Å²) in [6, 6.07) is 12.1. The summed E-state index contributed by atoms with van der Waals surface area (Å²) in [4.78, 5) is 0. The molecule has 1 aliphatic carbocycles. The second kappa shape index (κ2) is 5.95. The average Bonchev–Trinajstić information content (AvgIpc) is 2.52. The normalized spacial score (nSPS) is 15.8. The number of fused-ring (bicyclic) bond motifs is 1. The first-order valence-corrected chi connectivity index (χ1v) is 6.98. The van der Waals surface area contributed by atoms with Crippen molar-refractivity contribution in [2.75, 3.05) is 0 Å². The van der Waals surface area contributed by atoms with Crippen LogP contribution < -0.4 is 4.74 Å². The summed E-state index contributed by atoms with van der Waals surface area (Å²) in [5.41, 5.74) is 3.60. The van der Waals surface area contributed by atoms with E-state index in [4.69, 9.17) is 9.94 Å². The van der Waals surface area contributed by atoms with Crippen LogP contribution >= 0.6 is 0 Å². The molecule has 108 valence electrons. The molecule has 4 heteroatoms. The zero-order chi connectivity index (χ0) is 14.7. The van der Waals surface area contributed by atoms with Crippen molar-refractivity contribution < 1.29 is 14.3 Å². The van der Waals surface area contributed by atoms with E-state index in [1.54, 1.807) is 6.07 Å². The van der Waals surface area contributed by atoms with Gasteiger partial charge in [0, 0.05) is 5.56 Å². The summed E-state index contributed by atoms with van der Waals surface area (Å²) in [5, 5.41) is 12.4. The average molecular weight is 285 g/mol. The Balaban J connectivity index is 1.78. The summed E-state index contributed by atoms with van der Waals surface area (Å²) in [7, 11) is 0. The van der Waals surface area contributed by atoms with Gasteiger partial charge in [-0.1, -0.05) is 23.4 Å². The minimum absolute atomic E-state index is 0.267. The molecule has 0 fully saturated rings. The maximum Gasteiger partial charge on any atom is 0.123 e. The van der Waals surface area contributed by atoms with Gasteiger partial charge in [-0.05, 0) is 54.7 Å². The van der Waals surface area contributed by atoms with E-state index in [2.05, 4.69) is 5.16 Å². The summed E-state index contributed by atoms with van der Waals surface area (Å²) in [5.74, 6) is 0.428. The molecule has 3 nitrogen and oxygen atoms in total. The third kappa shape index (κ3) is 3.05. The number of nitrogens with zero attached hydrogens (tertiary/aromatic N) is 1. The highest BCUT2D eigenvalue weighted by molar-refractivity contribution is 6.02. The van der Waals surface area contributed by atoms with Crippen LogP contribution in [0.5, 0.6) is 5.75 Å². The lowest BCUT2D eigenvalue weighted by atomic mass is 9.90. The molecular formula is C17H16FNO2. The van der Waals surface area contributed by atoms with Crippen LogP contribution in [-0.2, 0) is 13.0 Å². The molecule has 0 spiro atoms. The van der Waals surface area contributed by atoms with Crippen LogP contribution in [0.3, 0.4) is 0 Å². The third-order valence-electron chi connectivity index (χ3n) is 3.67. The van der Waals surface area contributed by atoms with Crippen molar-refractivity contribution in [2.24, 2.45) is 5.16 Å². The molecule has 0 aliphatic heterocycles. The lowest BCUT2D eigenvalue weighted by Gasteiger charge is -2.18. The summed E-state index contributed by atoms with van der Waals surface area (Å²) >= 11 is 0. The highest BCUT2D eigenvalue weighted by Gasteiger charge is 2.16. The molecule has 0 heterocycles. The van der Waals surface area contributed by atoms with E-state index >= 15 is 0 Å². The van der Waals surface area contributed by atoms with Crippen LogP contribution in [0.2, 0.25) is 0 Å². The van der Waals surface area contributed by atoms with Crippen molar-refractivity contribution in [1.82, 2.24) is 0 Å². The Bertz CT molecular complexity index is 682. The van der Waals surface area contributed by atoms with E-state index in [1.165, 1.54) is 17.7 Å². The molecular weight excluding hydrogens is 269 g/mol. The standard InChI is InChI=1S/C17H16FNO2/c18-14-5-1-3-12(9-14)11-21-15-8-7-13-4-2-6-17(19-20)16(13)10-15/h1,3,5,7-10,20H,2,4,6,11H2/b19-17-. The number of rotatable bonds is 3. The minimum Gasteiger partial charge on any atom is -0.489 e. The number of halogens is 1. The van der Waals surface area contributed by atoms with Crippen molar-refractivity contribution in [3.63, 3.8) is 0 Å². The molecule has 0 atom stereocenters. The Labute approximate surface area is 122 Å². The fourth-order valence-corrected chi connectivity index (χ4v) is 2.61. The summed E-state index contributed by atoms with van der Waals surface area (Å²) in [6.07, 6.45) is 2.76. The summed E-state index contributed by atoms with van der Waals surface area (Å²) < 4.78 is 18.8. The summed E-state index contributed by atoms with van der Waals surface area (Å²) in [6.45, 7) is 0.308. The maximum atomic E-state index is 13.1. The van der Waals surface area contributed by atoms with E-state index in [0.29, 0.717) is 18.1 Å². The van der Waals surface area contributed by atoms with Crippen molar-refractivity contribution in [3.8, 4) is 5.75 Å². The van der Waals surface area contributed by atoms with Crippen LogP contribution in [0, 0.1) is 5.82 Å². The zero-order valence-corrected chi connectivity index (χ0v) is 11.6. The molecule has 0 aromatic heterocycles. The first-order chi connectivity index (χ1) is 10.3. The monoisotopic (exact) mass is 285 g/mol. The van der Waals surface area contributed by atoms with Crippen LogP contribution in [0.15, 0.2) is 47.6 Å². The largest absolute Gasteiger partial charge is 0.489 e. The van der Waals surface area contributed by atoms with Gasteiger partial charge in [0.25, 0.3) is 0 Å². The van der Waals surface area contributed by atoms with Gasteiger partial charge in [-0.25, -0.2) is 4.39 Å². The smallest absolute Gasteiger partial charge is 0.123 e. The van der Waals surface area contributed by atoms with Gasteiger partial charge in [0.1, 0.15) is 18.2 Å². The van der Waals surface area contributed by atoms with E-state index in [-0.39, 0.29) is 5.82 Å². The SMILES string of the molecule is O/N=C1/CCCc2ccc(OCc3cccc(F)c3)cc21. The molecule has 1 N–H and O–H groups in total. The third-order valence-corrected chi connectivity index (χ3v) is 3.67. The quantitative estimate of drug-likeness (QED) is 0.686. The van der Waals surface area contributed by atoms with Crippen molar-refractivity contribution in [3.05, 3.63) is 65.0 Å². The van der Waals surface area contributed by atoms with Gasteiger partial charge in [-0.2, -0.15) is 0 Å². The second-order valence-corrected chi connectivity index (χ2v) is 5.14. The molecule has 0 bridgehead atoms. The molecule has 0 saturated carbocycles. The van der Waals surface area contributed by atoms with Gasteiger partial charge in [-0.3, -0.25) is 0 Å². The Morgan fingerprint density at radius 3 is 2.86 bits per heavy atom. The molecule has 1 aliphatic rings. The van der Waals surface area contributed by atoms with Crippen molar-refractivity contribution >= 4 is 5.71 Å². The van der Waals surface area contributed by atoms with Gasteiger partial charge >= 0.3 is 0 Å². The van der Waals surface area contributed by atoms with E-state index in [9.17, 15) is 4.39 Å².